The van der Waals surface area contributed by atoms with Crippen LogP contribution < -0.4 is 14.8 Å². The lowest BCUT2D eigenvalue weighted by molar-refractivity contribution is -0.151. The molecule has 1 fully saturated rings. The predicted molar refractivity (Wildman–Crippen MR) is 189 cm³/mol. The zero-order chi connectivity index (χ0) is 37.5. The first-order chi connectivity index (χ1) is 25.4. The highest BCUT2D eigenvalue weighted by Gasteiger charge is 2.53. The number of ether oxygens (including phenoxy) is 2. The predicted octanol–water partition coefficient (Wildman–Crippen LogP) is 6.94. The highest BCUT2D eigenvalue weighted by atomic mass is 19.4. The van der Waals surface area contributed by atoms with Crippen molar-refractivity contribution in [2.75, 3.05) is 26.1 Å². The average molecular weight is 726 g/mol. The van der Waals surface area contributed by atoms with Gasteiger partial charge in [-0.25, -0.2) is 0 Å². The summed E-state index contributed by atoms with van der Waals surface area (Å²) in [5.74, 6) is -1.46. The topological polar surface area (TPSA) is 105 Å². The molecule has 3 aliphatic rings. The van der Waals surface area contributed by atoms with Gasteiger partial charge in [0.05, 0.1) is 36.6 Å². The van der Waals surface area contributed by atoms with Gasteiger partial charge in [-0.1, -0.05) is 48.5 Å². The molecule has 0 aromatic heterocycles. The molecule has 0 saturated heterocycles. The van der Waals surface area contributed by atoms with Crippen molar-refractivity contribution in [2.45, 2.75) is 50.4 Å². The van der Waals surface area contributed by atoms with Crippen molar-refractivity contribution in [2.24, 2.45) is 11.8 Å². The van der Waals surface area contributed by atoms with Crippen LogP contribution in [0, 0.1) is 11.8 Å². The molecule has 3 atom stereocenters. The molecule has 2 aliphatic carbocycles. The SMILES string of the molecule is COc1ccc(NC(=O)C2(N(Cc3ccc(C(F)(F)F)cc3)C(=O)CN3C(=O)c4ccccc4C3=O)CC[C@@H]3Cc4ccccc4C[C@H]3C2)c(OC)c1. The lowest BCUT2D eigenvalue weighted by atomic mass is 9.62. The largest absolute Gasteiger partial charge is 0.497 e. The number of alkyl halides is 3. The summed E-state index contributed by atoms with van der Waals surface area (Å²) in [7, 11) is 2.95. The van der Waals surface area contributed by atoms with Gasteiger partial charge in [-0.2, -0.15) is 13.2 Å². The minimum Gasteiger partial charge on any atom is -0.497 e. The minimum absolute atomic E-state index is 0.0237. The molecule has 1 heterocycles. The molecule has 274 valence electrons. The Hall–Kier alpha value is -5.65. The van der Waals surface area contributed by atoms with Gasteiger partial charge in [0.15, 0.2) is 0 Å². The van der Waals surface area contributed by atoms with Crippen molar-refractivity contribution in [3.63, 3.8) is 0 Å². The Morgan fingerprint density at radius 3 is 2.08 bits per heavy atom. The van der Waals surface area contributed by atoms with E-state index in [0.29, 0.717) is 35.6 Å². The Bertz CT molecular complexity index is 2050. The smallest absolute Gasteiger partial charge is 0.416 e. The number of hydrogen-bond acceptors (Lipinski definition) is 6. The van der Waals surface area contributed by atoms with E-state index in [0.717, 1.165) is 29.0 Å². The molecule has 4 amide bonds. The Morgan fingerprint density at radius 2 is 1.47 bits per heavy atom. The molecule has 1 unspecified atom stereocenters. The van der Waals surface area contributed by atoms with Crippen LogP contribution in [0.15, 0.2) is 91.0 Å². The second-order valence-corrected chi connectivity index (χ2v) is 13.9. The van der Waals surface area contributed by atoms with E-state index in [4.69, 9.17) is 9.47 Å². The molecule has 53 heavy (non-hydrogen) atoms. The first-order valence-electron chi connectivity index (χ1n) is 17.4. The quantitative estimate of drug-likeness (QED) is 0.188. The number of nitrogens with zero attached hydrogens (tertiary/aromatic N) is 2. The van der Waals surface area contributed by atoms with Gasteiger partial charge in [-0.15, -0.1) is 0 Å². The molecule has 0 bridgehead atoms. The third-order valence-electron chi connectivity index (χ3n) is 11.0. The van der Waals surface area contributed by atoms with Gasteiger partial charge in [0.25, 0.3) is 11.8 Å². The number of carbonyl (C=O) groups excluding carboxylic acids is 4. The molecular formula is C41H38F3N3O6. The van der Waals surface area contributed by atoms with Crippen molar-refractivity contribution < 1.29 is 41.8 Å². The monoisotopic (exact) mass is 725 g/mol. The van der Waals surface area contributed by atoms with Crippen molar-refractivity contribution in [3.8, 4) is 11.5 Å². The van der Waals surface area contributed by atoms with E-state index in [9.17, 15) is 27.6 Å². The Balaban J connectivity index is 1.30. The third kappa shape index (κ3) is 6.73. The van der Waals surface area contributed by atoms with Gasteiger partial charge >= 0.3 is 6.18 Å². The summed E-state index contributed by atoms with van der Waals surface area (Å²) in [4.78, 5) is 58.9. The number of anilines is 1. The number of hydrogen-bond donors (Lipinski definition) is 1. The highest BCUT2D eigenvalue weighted by molar-refractivity contribution is 6.22. The summed E-state index contributed by atoms with van der Waals surface area (Å²) in [6.45, 7) is -0.911. The van der Waals surface area contributed by atoms with Crippen LogP contribution in [0.3, 0.4) is 0 Å². The summed E-state index contributed by atoms with van der Waals surface area (Å²) in [5.41, 5.74) is 1.03. The standard InChI is InChI=1S/C41H38F3N3O6/c1-52-31-15-16-34(35(21-31)53-2)45-39(51)40(18-17-28-19-26-7-3-4-8-27(26)20-29(28)22-40)47(23-25-11-13-30(14-12-25)41(42,43)44)36(48)24-46-37(49)32-9-5-6-10-33(32)38(46)50/h3-16,21,28-29H,17-20,22-24H2,1-2H3,(H,45,51)/t28-,29+,40?/m1/s1. The molecule has 0 radical (unpaired) electrons. The fraction of sp³-hybridized carbons (Fsp3) is 0.317. The number of rotatable bonds is 9. The molecule has 1 N–H and O–H groups in total. The number of benzene rings is 4. The fourth-order valence-electron chi connectivity index (χ4n) is 8.17. The van der Waals surface area contributed by atoms with Crippen LogP contribution in [0.25, 0.3) is 0 Å². The van der Waals surface area contributed by atoms with Crippen LogP contribution >= 0.6 is 0 Å². The number of imide groups is 1. The molecule has 12 heteroatoms. The van der Waals surface area contributed by atoms with Gasteiger partial charge in [-0.05, 0) is 97.0 Å². The van der Waals surface area contributed by atoms with E-state index < -0.39 is 47.5 Å². The summed E-state index contributed by atoms with van der Waals surface area (Å²) >= 11 is 0. The molecule has 9 nitrogen and oxygen atoms in total. The Morgan fingerprint density at radius 1 is 0.849 bits per heavy atom. The first-order valence-corrected chi connectivity index (χ1v) is 17.4. The van der Waals surface area contributed by atoms with E-state index in [1.54, 1.807) is 30.3 Å². The third-order valence-corrected chi connectivity index (χ3v) is 11.0. The summed E-state index contributed by atoms with van der Waals surface area (Å²) in [6, 6.07) is 23.8. The van der Waals surface area contributed by atoms with Crippen LogP contribution in [-0.4, -0.2) is 59.7 Å². The van der Waals surface area contributed by atoms with Gasteiger partial charge in [0, 0.05) is 12.6 Å². The number of methoxy groups -OCH3 is 2. The molecular weight excluding hydrogens is 687 g/mol. The maximum atomic E-state index is 15.0. The van der Waals surface area contributed by atoms with Crippen molar-refractivity contribution in [3.05, 3.63) is 124 Å². The molecule has 1 aliphatic heterocycles. The van der Waals surface area contributed by atoms with Crippen molar-refractivity contribution in [1.29, 1.82) is 0 Å². The molecule has 7 rings (SSSR count). The number of carbonyl (C=O) groups is 4. The maximum Gasteiger partial charge on any atom is 0.416 e. The summed E-state index contributed by atoms with van der Waals surface area (Å²) in [5, 5.41) is 3.00. The van der Waals surface area contributed by atoms with Gasteiger partial charge in [-0.3, -0.25) is 24.1 Å². The van der Waals surface area contributed by atoms with Crippen molar-refractivity contribution >= 4 is 29.3 Å². The zero-order valence-electron chi connectivity index (χ0n) is 29.2. The molecule has 4 aromatic carbocycles. The number of halogens is 3. The number of nitrogens with one attached hydrogen (secondary N) is 1. The van der Waals surface area contributed by atoms with Crippen LogP contribution in [0.5, 0.6) is 11.5 Å². The normalized spacial score (nSPS) is 20.6. The maximum absolute atomic E-state index is 15.0. The second kappa shape index (κ2) is 14.1. The number of amides is 4. The van der Waals surface area contributed by atoms with E-state index >= 15 is 4.79 Å². The van der Waals surface area contributed by atoms with E-state index in [1.165, 1.54) is 48.9 Å². The van der Waals surface area contributed by atoms with Gasteiger partial charge < -0.3 is 19.7 Å². The van der Waals surface area contributed by atoms with Crippen LogP contribution in [0.2, 0.25) is 0 Å². The van der Waals surface area contributed by atoms with Crippen LogP contribution in [-0.2, 0) is 35.2 Å². The first kappa shape index (κ1) is 35.7. The Kier molecular flexibility index (Phi) is 9.48. The fourth-order valence-corrected chi connectivity index (χ4v) is 8.17. The lowest BCUT2D eigenvalue weighted by Gasteiger charge is -2.51. The average Bonchev–Trinajstić information content (AvgIpc) is 3.40. The molecule has 0 spiro atoms. The number of fused-ring (bicyclic) bond motifs is 3. The highest BCUT2D eigenvalue weighted by Crippen LogP contribution is 2.47. The van der Waals surface area contributed by atoms with E-state index in [2.05, 4.69) is 17.4 Å². The van der Waals surface area contributed by atoms with Crippen LogP contribution in [0.4, 0.5) is 18.9 Å². The molecule has 4 aromatic rings. The van der Waals surface area contributed by atoms with Gasteiger partial charge in [0.1, 0.15) is 23.6 Å². The van der Waals surface area contributed by atoms with Crippen LogP contribution in [0.1, 0.15) is 62.2 Å². The Labute approximate surface area is 304 Å². The van der Waals surface area contributed by atoms with Gasteiger partial charge in [0.2, 0.25) is 11.8 Å². The lowest BCUT2D eigenvalue weighted by Crippen LogP contribution is -2.63. The molecule has 1 saturated carbocycles. The zero-order valence-corrected chi connectivity index (χ0v) is 29.2. The second-order valence-electron chi connectivity index (χ2n) is 13.9. The minimum atomic E-state index is -4.58. The van der Waals surface area contributed by atoms with Crippen molar-refractivity contribution in [1.82, 2.24) is 9.80 Å². The summed E-state index contributed by atoms with van der Waals surface area (Å²) < 4.78 is 51.6. The van der Waals surface area contributed by atoms with E-state index in [-0.39, 0.29) is 42.3 Å². The van der Waals surface area contributed by atoms with E-state index in [1.807, 2.05) is 12.1 Å². The summed E-state index contributed by atoms with van der Waals surface area (Å²) in [6.07, 6.45) is -2.04.